The fourth-order valence-corrected chi connectivity index (χ4v) is 3.27. The van der Waals surface area contributed by atoms with Crippen molar-refractivity contribution in [3.05, 3.63) is 42.5 Å². The van der Waals surface area contributed by atoms with Crippen molar-refractivity contribution in [2.45, 2.75) is 16.9 Å². The van der Waals surface area contributed by atoms with Gasteiger partial charge in [-0.2, -0.15) is 0 Å². The van der Waals surface area contributed by atoms with Gasteiger partial charge in [0.1, 0.15) is 0 Å². The summed E-state index contributed by atoms with van der Waals surface area (Å²) >= 11 is 1.95. The van der Waals surface area contributed by atoms with Crippen molar-refractivity contribution >= 4 is 11.8 Å². The van der Waals surface area contributed by atoms with Crippen molar-refractivity contribution in [3.8, 4) is 0 Å². The maximum absolute atomic E-state index is 3.88. The van der Waals surface area contributed by atoms with Crippen molar-refractivity contribution in [2.24, 2.45) is 0 Å². The van der Waals surface area contributed by atoms with Crippen LogP contribution >= 0.6 is 11.8 Å². The third-order valence-corrected chi connectivity index (χ3v) is 3.97. The van der Waals surface area contributed by atoms with E-state index in [1.54, 1.807) is 0 Å². The Morgan fingerprint density at radius 1 is 1.57 bits per heavy atom. The number of hydrogen-bond acceptors (Lipinski definition) is 2. The largest absolute Gasteiger partial charge is 0.313 e. The maximum atomic E-state index is 3.88. The summed E-state index contributed by atoms with van der Waals surface area (Å²) in [7, 11) is 2.00. The lowest BCUT2D eigenvalue weighted by Gasteiger charge is -2.19. The molecule has 74 valence electrons. The number of benzene rings is 1. The van der Waals surface area contributed by atoms with E-state index in [1.807, 2.05) is 24.9 Å². The van der Waals surface area contributed by atoms with Crippen LogP contribution < -0.4 is 5.32 Å². The van der Waals surface area contributed by atoms with Crippen LogP contribution in [0, 0.1) is 0 Å². The highest BCUT2D eigenvalue weighted by Crippen LogP contribution is 2.41. The van der Waals surface area contributed by atoms with E-state index < -0.39 is 0 Å². The molecule has 0 aliphatic carbocycles. The molecule has 2 atom stereocenters. The Kier molecular flexibility index (Phi) is 2.94. The molecule has 0 fully saturated rings. The van der Waals surface area contributed by atoms with Crippen molar-refractivity contribution in [1.82, 2.24) is 5.32 Å². The second-order valence-electron chi connectivity index (χ2n) is 3.51. The van der Waals surface area contributed by atoms with E-state index in [1.165, 1.54) is 10.5 Å². The second kappa shape index (κ2) is 4.20. The van der Waals surface area contributed by atoms with Crippen LogP contribution in [0.25, 0.3) is 0 Å². The lowest BCUT2D eigenvalue weighted by Crippen LogP contribution is -2.29. The highest BCUT2D eigenvalue weighted by molar-refractivity contribution is 7.99. The highest BCUT2D eigenvalue weighted by Gasteiger charge is 2.27. The van der Waals surface area contributed by atoms with Gasteiger partial charge in [-0.05, 0) is 18.7 Å². The van der Waals surface area contributed by atoms with Gasteiger partial charge < -0.3 is 5.32 Å². The number of rotatable bonds is 3. The first-order valence-corrected chi connectivity index (χ1v) is 5.87. The van der Waals surface area contributed by atoms with E-state index in [0.29, 0.717) is 12.0 Å². The van der Waals surface area contributed by atoms with Crippen LogP contribution in [0.4, 0.5) is 0 Å². The maximum Gasteiger partial charge on any atom is 0.0322 e. The van der Waals surface area contributed by atoms with Gasteiger partial charge in [-0.15, -0.1) is 18.3 Å². The van der Waals surface area contributed by atoms with E-state index in [-0.39, 0.29) is 0 Å². The van der Waals surface area contributed by atoms with Crippen LogP contribution in [0.1, 0.15) is 11.5 Å². The molecule has 1 aliphatic rings. The first-order valence-electron chi connectivity index (χ1n) is 4.88. The van der Waals surface area contributed by atoms with E-state index in [4.69, 9.17) is 0 Å². The first kappa shape index (κ1) is 9.81. The summed E-state index contributed by atoms with van der Waals surface area (Å²) in [5.41, 5.74) is 1.47. The van der Waals surface area contributed by atoms with Crippen LogP contribution in [-0.4, -0.2) is 18.8 Å². The summed E-state index contributed by atoms with van der Waals surface area (Å²) in [6, 6.07) is 9.05. The Labute approximate surface area is 89.6 Å². The molecule has 2 unspecified atom stereocenters. The topological polar surface area (TPSA) is 12.0 Å². The zero-order chi connectivity index (χ0) is 9.97. The second-order valence-corrected chi connectivity index (χ2v) is 4.57. The SMILES string of the molecule is C=CC(NC)C1CSc2ccccc21. The molecule has 2 rings (SSSR count). The predicted octanol–water partition coefficient (Wildman–Crippen LogP) is 2.65. The summed E-state index contributed by atoms with van der Waals surface area (Å²) in [4.78, 5) is 1.43. The molecular weight excluding hydrogens is 190 g/mol. The van der Waals surface area contributed by atoms with Crippen molar-refractivity contribution in [2.75, 3.05) is 12.8 Å². The van der Waals surface area contributed by atoms with Gasteiger partial charge >= 0.3 is 0 Å². The Bertz CT molecular complexity index is 335. The molecule has 1 N–H and O–H groups in total. The molecule has 1 aliphatic heterocycles. The Morgan fingerprint density at radius 3 is 3.07 bits per heavy atom. The molecule has 0 radical (unpaired) electrons. The Morgan fingerprint density at radius 2 is 2.36 bits per heavy atom. The standard InChI is InChI=1S/C12H15NS/c1-3-11(13-2)10-8-14-12-7-5-4-6-9(10)12/h3-7,10-11,13H,1,8H2,2H3. The molecule has 0 amide bonds. The van der Waals surface area contributed by atoms with E-state index in [0.717, 1.165) is 5.75 Å². The van der Waals surface area contributed by atoms with Gasteiger partial charge in [-0.1, -0.05) is 24.3 Å². The van der Waals surface area contributed by atoms with Gasteiger partial charge in [0.25, 0.3) is 0 Å². The number of nitrogens with one attached hydrogen (secondary N) is 1. The molecule has 2 heteroatoms. The summed E-state index contributed by atoms with van der Waals surface area (Å²) in [6.45, 7) is 3.88. The van der Waals surface area contributed by atoms with Gasteiger partial charge in [-0.25, -0.2) is 0 Å². The van der Waals surface area contributed by atoms with E-state index in [2.05, 4.69) is 36.2 Å². The molecule has 0 aromatic heterocycles. The van der Waals surface area contributed by atoms with E-state index in [9.17, 15) is 0 Å². The van der Waals surface area contributed by atoms with Gasteiger partial charge in [0, 0.05) is 22.6 Å². The smallest absolute Gasteiger partial charge is 0.0322 e. The zero-order valence-corrected chi connectivity index (χ0v) is 9.18. The summed E-state index contributed by atoms with van der Waals surface area (Å²) in [5.74, 6) is 1.75. The minimum absolute atomic E-state index is 0.395. The van der Waals surface area contributed by atoms with Crippen molar-refractivity contribution in [3.63, 3.8) is 0 Å². The number of thioether (sulfide) groups is 1. The van der Waals surface area contributed by atoms with Gasteiger partial charge in [0.05, 0.1) is 0 Å². The highest BCUT2D eigenvalue weighted by atomic mass is 32.2. The normalized spacial score (nSPS) is 21.6. The number of likely N-dealkylation sites (N-methyl/N-ethyl adjacent to an activating group) is 1. The predicted molar refractivity (Wildman–Crippen MR) is 63.0 cm³/mol. The molecule has 1 heterocycles. The molecule has 0 saturated heterocycles. The molecule has 1 aromatic carbocycles. The van der Waals surface area contributed by atoms with Crippen LogP contribution in [0.2, 0.25) is 0 Å². The molecule has 0 bridgehead atoms. The van der Waals surface area contributed by atoms with Gasteiger partial charge in [0.15, 0.2) is 0 Å². The van der Waals surface area contributed by atoms with Crippen LogP contribution in [0.3, 0.4) is 0 Å². The number of fused-ring (bicyclic) bond motifs is 1. The fourth-order valence-electron chi connectivity index (χ4n) is 1.97. The molecule has 0 saturated carbocycles. The Balaban J connectivity index is 2.29. The number of hydrogen-bond donors (Lipinski definition) is 1. The Hall–Kier alpha value is -0.730. The average molecular weight is 205 g/mol. The van der Waals surface area contributed by atoms with Gasteiger partial charge in [0.2, 0.25) is 0 Å². The fraction of sp³-hybridized carbons (Fsp3) is 0.333. The average Bonchev–Trinajstić information content (AvgIpc) is 2.65. The third kappa shape index (κ3) is 1.60. The van der Waals surface area contributed by atoms with Crippen LogP contribution in [0.5, 0.6) is 0 Å². The zero-order valence-electron chi connectivity index (χ0n) is 8.36. The van der Waals surface area contributed by atoms with Crippen LogP contribution in [-0.2, 0) is 0 Å². The molecule has 1 nitrogen and oxygen atoms in total. The molecule has 14 heavy (non-hydrogen) atoms. The molecular formula is C12H15NS. The third-order valence-electron chi connectivity index (χ3n) is 2.76. The monoisotopic (exact) mass is 205 g/mol. The van der Waals surface area contributed by atoms with E-state index >= 15 is 0 Å². The van der Waals surface area contributed by atoms with Gasteiger partial charge in [-0.3, -0.25) is 0 Å². The van der Waals surface area contributed by atoms with Crippen molar-refractivity contribution in [1.29, 1.82) is 0 Å². The lowest BCUT2D eigenvalue weighted by molar-refractivity contribution is 0.579. The quantitative estimate of drug-likeness (QED) is 0.761. The van der Waals surface area contributed by atoms with Crippen molar-refractivity contribution < 1.29 is 0 Å². The molecule has 0 spiro atoms. The molecule has 1 aromatic rings. The summed E-state index contributed by atoms with van der Waals surface area (Å²) in [5, 5.41) is 3.30. The lowest BCUT2D eigenvalue weighted by atomic mass is 9.93. The minimum atomic E-state index is 0.395. The summed E-state index contributed by atoms with van der Waals surface area (Å²) < 4.78 is 0. The summed E-state index contributed by atoms with van der Waals surface area (Å²) in [6.07, 6.45) is 2.01. The minimum Gasteiger partial charge on any atom is -0.313 e. The first-order chi connectivity index (χ1) is 6.86. The van der Waals surface area contributed by atoms with Crippen LogP contribution in [0.15, 0.2) is 41.8 Å².